The molecule has 0 radical (unpaired) electrons. The van der Waals surface area contributed by atoms with Crippen LogP contribution in [-0.2, 0) is 0 Å². The molecular weight excluding hydrogens is 276 g/mol. The second-order valence-corrected chi connectivity index (χ2v) is 5.58. The Balaban J connectivity index is 2.73. The van der Waals surface area contributed by atoms with Crippen molar-refractivity contribution < 1.29 is 9.90 Å². The van der Waals surface area contributed by atoms with E-state index in [-0.39, 0.29) is 6.61 Å². The van der Waals surface area contributed by atoms with Crippen LogP contribution in [0, 0.1) is 0 Å². The number of aliphatic hydroxyl groups is 1. The van der Waals surface area contributed by atoms with Crippen molar-refractivity contribution in [2.75, 3.05) is 6.61 Å². The Morgan fingerprint density at radius 1 is 1.60 bits per heavy atom. The molecule has 1 unspecified atom stereocenters. The van der Waals surface area contributed by atoms with Crippen LogP contribution in [0.4, 0.5) is 0 Å². The molecule has 1 aromatic carbocycles. The van der Waals surface area contributed by atoms with Gasteiger partial charge in [-0.05, 0) is 34.5 Å². The zero-order chi connectivity index (χ0) is 11.3. The van der Waals surface area contributed by atoms with Gasteiger partial charge in [-0.1, -0.05) is 13.0 Å². The van der Waals surface area contributed by atoms with Crippen LogP contribution >= 0.6 is 27.7 Å². The third-order valence-electron chi connectivity index (χ3n) is 1.96. The van der Waals surface area contributed by atoms with Crippen LogP contribution in [0.3, 0.4) is 0 Å². The second-order valence-electron chi connectivity index (χ2n) is 3.25. The molecule has 0 amide bonds. The van der Waals surface area contributed by atoms with Gasteiger partial charge in [0, 0.05) is 26.8 Å². The first kappa shape index (κ1) is 12.7. The molecule has 0 fully saturated rings. The summed E-state index contributed by atoms with van der Waals surface area (Å²) in [5, 5.41) is 9.16. The van der Waals surface area contributed by atoms with Crippen LogP contribution in [0.2, 0.25) is 0 Å². The van der Waals surface area contributed by atoms with Gasteiger partial charge in [0.2, 0.25) is 0 Å². The minimum Gasteiger partial charge on any atom is -0.396 e. The lowest BCUT2D eigenvalue weighted by Gasteiger charge is -2.10. The van der Waals surface area contributed by atoms with E-state index in [9.17, 15) is 4.79 Å². The fourth-order valence-electron chi connectivity index (χ4n) is 1.14. The third kappa shape index (κ3) is 3.97. The Morgan fingerprint density at radius 3 is 2.87 bits per heavy atom. The second kappa shape index (κ2) is 6.30. The maximum absolute atomic E-state index is 10.5. The quantitative estimate of drug-likeness (QED) is 0.668. The normalized spacial score (nSPS) is 12.5. The van der Waals surface area contributed by atoms with E-state index in [2.05, 4.69) is 22.9 Å². The van der Waals surface area contributed by atoms with Gasteiger partial charge in [-0.25, -0.2) is 0 Å². The molecule has 0 bridgehead atoms. The van der Waals surface area contributed by atoms with Crippen molar-refractivity contribution in [2.45, 2.75) is 23.5 Å². The van der Waals surface area contributed by atoms with Crippen molar-refractivity contribution >= 4 is 34.0 Å². The van der Waals surface area contributed by atoms with Gasteiger partial charge in [-0.15, -0.1) is 11.8 Å². The molecule has 0 heterocycles. The Labute approximate surface area is 102 Å². The van der Waals surface area contributed by atoms with Gasteiger partial charge in [0.05, 0.1) is 0 Å². The molecule has 1 N–H and O–H groups in total. The van der Waals surface area contributed by atoms with Crippen LogP contribution in [0.5, 0.6) is 0 Å². The minimum atomic E-state index is 0.207. The van der Waals surface area contributed by atoms with Crippen LogP contribution in [0.1, 0.15) is 23.7 Å². The molecule has 0 aromatic heterocycles. The summed E-state index contributed by atoms with van der Waals surface area (Å²) in [5.41, 5.74) is 0.668. The summed E-state index contributed by atoms with van der Waals surface area (Å²) in [6, 6.07) is 5.53. The largest absolute Gasteiger partial charge is 0.396 e. The molecule has 1 rings (SSSR count). The number of thioether (sulfide) groups is 1. The number of rotatable bonds is 5. The molecule has 0 saturated carbocycles. The number of aldehydes is 1. The van der Waals surface area contributed by atoms with E-state index in [1.165, 1.54) is 0 Å². The third-order valence-corrected chi connectivity index (χ3v) is 4.12. The van der Waals surface area contributed by atoms with Gasteiger partial charge < -0.3 is 5.11 Å². The molecule has 0 aliphatic heterocycles. The molecule has 2 nitrogen and oxygen atoms in total. The molecule has 15 heavy (non-hydrogen) atoms. The molecule has 4 heteroatoms. The van der Waals surface area contributed by atoms with Crippen molar-refractivity contribution in [3.8, 4) is 0 Å². The van der Waals surface area contributed by atoms with Gasteiger partial charge in [-0.2, -0.15) is 0 Å². The van der Waals surface area contributed by atoms with E-state index in [0.29, 0.717) is 10.8 Å². The fraction of sp³-hybridized carbons (Fsp3) is 0.364. The zero-order valence-corrected chi connectivity index (χ0v) is 10.8. The van der Waals surface area contributed by atoms with Gasteiger partial charge in [0.15, 0.2) is 0 Å². The maximum atomic E-state index is 10.5. The smallest absolute Gasteiger partial charge is 0.150 e. The minimum absolute atomic E-state index is 0.207. The average Bonchev–Trinajstić information content (AvgIpc) is 2.21. The van der Waals surface area contributed by atoms with E-state index < -0.39 is 0 Å². The van der Waals surface area contributed by atoms with Crippen molar-refractivity contribution in [1.29, 1.82) is 0 Å². The first-order valence-electron chi connectivity index (χ1n) is 4.69. The standard InChI is InChI=1S/C11H13BrO2S/c1-8(4-5-13)15-11-3-2-9(7-14)6-10(11)12/h2-3,6-8,13H,4-5H2,1H3. The number of hydrogen-bond donors (Lipinski definition) is 1. The van der Waals surface area contributed by atoms with Crippen molar-refractivity contribution in [3.63, 3.8) is 0 Å². The fourth-order valence-corrected chi connectivity index (χ4v) is 2.80. The first-order chi connectivity index (χ1) is 7.17. The van der Waals surface area contributed by atoms with Gasteiger partial charge >= 0.3 is 0 Å². The van der Waals surface area contributed by atoms with Crippen molar-refractivity contribution in [2.24, 2.45) is 0 Å². The SMILES string of the molecule is CC(CCO)Sc1ccc(C=O)cc1Br. The van der Waals surface area contributed by atoms with E-state index in [4.69, 9.17) is 5.11 Å². The highest BCUT2D eigenvalue weighted by atomic mass is 79.9. The van der Waals surface area contributed by atoms with Crippen LogP contribution in [0.25, 0.3) is 0 Å². The lowest BCUT2D eigenvalue weighted by atomic mass is 10.2. The first-order valence-corrected chi connectivity index (χ1v) is 6.37. The van der Waals surface area contributed by atoms with Gasteiger partial charge in [0.25, 0.3) is 0 Å². The van der Waals surface area contributed by atoms with E-state index >= 15 is 0 Å². The predicted octanol–water partition coefficient (Wildman–Crippen LogP) is 3.12. The molecule has 82 valence electrons. The lowest BCUT2D eigenvalue weighted by molar-refractivity contribution is 0.112. The van der Waals surface area contributed by atoms with Crippen LogP contribution < -0.4 is 0 Å². The molecule has 1 aromatic rings. The summed E-state index contributed by atoms with van der Waals surface area (Å²) in [7, 11) is 0. The molecule has 0 spiro atoms. The van der Waals surface area contributed by atoms with Crippen LogP contribution in [0.15, 0.2) is 27.6 Å². The summed E-state index contributed by atoms with van der Waals surface area (Å²) in [6.45, 7) is 2.28. The summed E-state index contributed by atoms with van der Waals surface area (Å²) in [6.07, 6.45) is 1.60. The van der Waals surface area contributed by atoms with Gasteiger partial charge in [-0.3, -0.25) is 4.79 Å². The number of hydrogen-bond acceptors (Lipinski definition) is 3. The highest BCUT2D eigenvalue weighted by molar-refractivity contribution is 9.10. The monoisotopic (exact) mass is 288 g/mol. The zero-order valence-electron chi connectivity index (χ0n) is 8.44. The highest BCUT2D eigenvalue weighted by Crippen LogP contribution is 2.32. The van der Waals surface area contributed by atoms with Crippen molar-refractivity contribution in [3.05, 3.63) is 28.2 Å². The Hall–Kier alpha value is -0.320. The Morgan fingerprint density at radius 2 is 2.33 bits per heavy atom. The number of benzene rings is 1. The number of halogens is 1. The van der Waals surface area contributed by atoms with E-state index in [1.54, 1.807) is 23.9 Å². The lowest BCUT2D eigenvalue weighted by Crippen LogP contribution is -1.99. The van der Waals surface area contributed by atoms with Crippen molar-refractivity contribution in [1.82, 2.24) is 0 Å². The molecule has 0 saturated heterocycles. The number of carbonyl (C=O) groups excluding carboxylic acids is 1. The number of carbonyl (C=O) groups is 1. The summed E-state index contributed by atoms with van der Waals surface area (Å²) in [5.74, 6) is 0. The molecule has 0 aliphatic rings. The topological polar surface area (TPSA) is 37.3 Å². The Kier molecular flexibility index (Phi) is 5.36. The number of aliphatic hydroxyl groups excluding tert-OH is 1. The van der Waals surface area contributed by atoms with E-state index in [0.717, 1.165) is 22.1 Å². The summed E-state index contributed by atoms with van der Waals surface area (Å²) >= 11 is 5.12. The molecule has 1 atom stereocenters. The highest BCUT2D eigenvalue weighted by Gasteiger charge is 2.07. The molecule has 0 aliphatic carbocycles. The average molecular weight is 289 g/mol. The summed E-state index contributed by atoms with van der Waals surface area (Å²) in [4.78, 5) is 11.6. The van der Waals surface area contributed by atoms with E-state index in [1.807, 2.05) is 6.07 Å². The van der Waals surface area contributed by atoms with Gasteiger partial charge in [0.1, 0.15) is 6.29 Å². The summed E-state index contributed by atoms with van der Waals surface area (Å²) < 4.78 is 0.932. The Bertz CT molecular complexity index is 341. The predicted molar refractivity (Wildman–Crippen MR) is 66.6 cm³/mol. The maximum Gasteiger partial charge on any atom is 0.150 e. The van der Waals surface area contributed by atoms with Crippen LogP contribution in [-0.4, -0.2) is 23.2 Å². The molecular formula is C11H13BrO2S.